The zero-order valence-electron chi connectivity index (χ0n) is 8.08. The van der Waals surface area contributed by atoms with E-state index in [0.29, 0.717) is 5.15 Å². The first-order valence-electron chi connectivity index (χ1n) is 4.83. The Kier molecular flexibility index (Phi) is 3.41. The highest BCUT2D eigenvalue weighted by Gasteiger charge is 2.25. The van der Waals surface area contributed by atoms with Crippen LogP contribution in [0.5, 0.6) is 0 Å². The number of nitrogens with zero attached hydrogens (tertiary/aromatic N) is 2. The van der Waals surface area contributed by atoms with E-state index in [2.05, 4.69) is 15.3 Å². The van der Waals surface area contributed by atoms with Crippen molar-refractivity contribution < 1.29 is 0 Å². The molecule has 2 rings (SSSR count). The van der Waals surface area contributed by atoms with Crippen LogP contribution in [0.1, 0.15) is 18.0 Å². The number of halogens is 2. The number of hydrogen-bond acceptors (Lipinski definition) is 4. The van der Waals surface area contributed by atoms with E-state index in [0.717, 1.165) is 25.2 Å². The first-order chi connectivity index (χ1) is 7.16. The fourth-order valence-corrected chi connectivity index (χ4v) is 2.22. The molecule has 0 aliphatic carbocycles. The maximum atomic E-state index is 6.02. The van der Waals surface area contributed by atoms with Crippen molar-refractivity contribution in [1.82, 2.24) is 15.3 Å². The molecule has 4 nitrogen and oxygen atoms in total. The molecule has 1 aliphatic rings. The number of rotatable bonds is 1. The molecule has 2 heterocycles. The van der Waals surface area contributed by atoms with E-state index in [9.17, 15) is 0 Å². The number of piperidine rings is 1. The molecule has 0 aromatic carbocycles. The summed E-state index contributed by atoms with van der Waals surface area (Å²) in [6.45, 7) is 1.76. The van der Waals surface area contributed by atoms with Crippen molar-refractivity contribution in [3.05, 3.63) is 22.2 Å². The second kappa shape index (κ2) is 4.61. The minimum absolute atomic E-state index is 0.105. The molecule has 1 saturated heterocycles. The highest BCUT2D eigenvalue weighted by molar-refractivity contribution is 6.31. The molecule has 1 fully saturated rings. The fourth-order valence-electron chi connectivity index (χ4n) is 1.80. The Bertz CT molecular complexity index is 338. The van der Waals surface area contributed by atoms with Crippen LogP contribution in [0.15, 0.2) is 6.07 Å². The third-order valence-electron chi connectivity index (χ3n) is 2.60. The van der Waals surface area contributed by atoms with Crippen molar-refractivity contribution in [2.75, 3.05) is 13.1 Å². The Morgan fingerprint density at radius 2 is 2.20 bits per heavy atom. The topological polar surface area (TPSA) is 63.8 Å². The summed E-state index contributed by atoms with van der Waals surface area (Å²) in [4.78, 5) is 7.97. The van der Waals surface area contributed by atoms with Gasteiger partial charge in [-0.25, -0.2) is 9.97 Å². The molecule has 0 saturated carbocycles. The highest BCUT2D eigenvalue weighted by Crippen LogP contribution is 2.23. The molecule has 1 aliphatic heterocycles. The van der Waals surface area contributed by atoms with E-state index in [1.807, 2.05) is 0 Å². The standard InChI is InChI=1S/C9H12Cl2N4/c10-8-3-7(14-9(11)15-8)5-4-13-2-1-6(5)12/h3,5-6,13H,1-2,4,12H2. The molecule has 2 unspecified atom stereocenters. The minimum Gasteiger partial charge on any atom is -0.327 e. The van der Waals surface area contributed by atoms with Crippen LogP contribution in [0.3, 0.4) is 0 Å². The lowest BCUT2D eigenvalue weighted by Crippen LogP contribution is -2.43. The van der Waals surface area contributed by atoms with Gasteiger partial charge in [-0.1, -0.05) is 11.6 Å². The fraction of sp³-hybridized carbons (Fsp3) is 0.556. The van der Waals surface area contributed by atoms with Crippen LogP contribution in [-0.2, 0) is 0 Å². The summed E-state index contributed by atoms with van der Waals surface area (Å²) < 4.78 is 0. The predicted molar refractivity (Wildman–Crippen MR) is 60.3 cm³/mol. The summed E-state index contributed by atoms with van der Waals surface area (Å²) in [5.74, 6) is 0.164. The number of aromatic nitrogens is 2. The van der Waals surface area contributed by atoms with Crippen molar-refractivity contribution >= 4 is 23.2 Å². The van der Waals surface area contributed by atoms with Crippen LogP contribution in [0, 0.1) is 0 Å². The second-order valence-corrected chi connectivity index (χ2v) is 4.37. The van der Waals surface area contributed by atoms with Gasteiger partial charge in [0.25, 0.3) is 0 Å². The molecule has 0 radical (unpaired) electrons. The second-order valence-electron chi connectivity index (χ2n) is 3.65. The monoisotopic (exact) mass is 246 g/mol. The Labute approximate surface area is 98.2 Å². The lowest BCUT2D eigenvalue weighted by atomic mass is 9.91. The molecule has 82 valence electrons. The molecule has 2 atom stereocenters. The van der Waals surface area contributed by atoms with Crippen molar-refractivity contribution in [2.45, 2.75) is 18.4 Å². The van der Waals surface area contributed by atoms with Gasteiger partial charge in [-0.15, -0.1) is 0 Å². The molecule has 1 aromatic rings. The Hall–Kier alpha value is -0.420. The average Bonchev–Trinajstić information content (AvgIpc) is 2.16. The van der Waals surface area contributed by atoms with Crippen LogP contribution in [0.25, 0.3) is 0 Å². The smallest absolute Gasteiger partial charge is 0.224 e. The average molecular weight is 247 g/mol. The van der Waals surface area contributed by atoms with Crippen molar-refractivity contribution in [3.63, 3.8) is 0 Å². The van der Waals surface area contributed by atoms with Gasteiger partial charge in [-0.05, 0) is 30.6 Å². The van der Waals surface area contributed by atoms with Crippen molar-refractivity contribution in [1.29, 1.82) is 0 Å². The first-order valence-corrected chi connectivity index (χ1v) is 5.58. The van der Waals surface area contributed by atoms with E-state index in [1.165, 1.54) is 0 Å². The SMILES string of the molecule is NC1CCNCC1c1cc(Cl)nc(Cl)n1. The highest BCUT2D eigenvalue weighted by atomic mass is 35.5. The van der Waals surface area contributed by atoms with E-state index < -0.39 is 0 Å². The van der Waals surface area contributed by atoms with Crippen molar-refractivity contribution in [3.8, 4) is 0 Å². The zero-order chi connectivity index (χ0) is 10.8. The van der Waals surface area contributed by atoms with E-state index in [1.54, 1.807) is 6.07 Å². The molecule has 0 spiro atoms. The predicted octanol–water partition coefficient (Wildman–Crippen LogP) is 1.19. The van der Waals surface area contributed by atoms with Gasteiger partial charge < -0.3 is 11.1 Å². The van der Waals surface area contributed by atoms with Crippen molar-refractivity contribution in [2.24, 2.45) is 5.73 Å². The summed E-state index contributed by atoms with van der Waals surface area (Å²) in [6.07, 6.45) is 0.934. The number of nitrogens with one attached hydrogen (secondary N) is 1. The molecule has 0 bridgehead atoms. The molecular formula is C9H12Cl2N4. The molecule has 3 N–H and O–H groups in total. The maximum absolute atomic E-state index is 6.02. The lowest BCUT2D eigenvalue weighted by molar-refractivity contribution is 0.397. The number of nitrogens with two attached hydrogens (primary N) is 1. The molecular weight excluding hydrogens is 235 g/mol. The normalized spacial score (nSPS) is 26.6. The largest absolute Gasteiger partial charge is 0.327 e. The Morgan fingerprint density at radius 3 is 2.87 bits per heavy atom. The molecule has 6 heteroatoms. The van der Waals surface area contributed by atoms with Gasteiger partial charge >= 0.3 is 0 Å². The van der Waals surface area contributed by atoms with Crippen LogP contribution in [0.4, 0.5) is 0 Å². The Morgan fingerprint density at radius 1 is 1.40 bits per heavy atom. The van der Waals surface area contributed by atoms with E-state index in [4.69, 9.17) is 28.9 Å². The van der Waals surface area contributed by atoms with Crippen LogP contribution in [0.2, 0.25) is 10.4 Å². The molecule has 0 amide bonds. The lowest BCUT2D eigenvalue weighted by Gasteiger charge is -2.28. The van der Waals surface area contributed by atoms with Crippen LogP contribution in [-0.4, -0.2) is 29.1 Å². The van der Waals surface area contributed by atoms with Gasteiger partial charge in [0.15, 0.2) is 0 Å². The summed E-state index contributed by atoms with van der Waals surface area (Å²) in [5.41, 5.74) is 6.84. The van der Waals surface area contributed by atoms with Gasteiger partial charge in [0.05, 0.1) is 5.69 Å². The van der Waals surface area contributed by atoms with Gasteiger partial charge in [-0.2, -0.15) is 0 Å². The van der Waals surface area contributed by atoms with Gasteiger partial charge in [0.1, 0.15) is 5.15 Å². The van der Waals surface area contributed by atoms with Gasteiger partial charge in [0.2, 0.25) is 5.28 Å². The van der Waals surface area contributed by atoms with E-state index >= 15 is 0 Å². The number of hydrogen-bond donors (Lipinski definition) is 2. The Balaban J connectivity index is 2.27. The summed E-state index contributed by atoms with van der Waals surface area (Å²) in [7, 11) is 0. The van der Waals surface area contributed by atoms with Gasteiger partial charge in [-0.3, -0.25) is 0 Å². The summed E-state index contributed by atoms with van der Waals surface area (Å²) >= 11 is 11.6. The molecule has 1 aromatic heterocycles. The maximum Gasteiger partial charge on any atom is 0.224 e. The third kappa shape index (κ3) is 2.58. The third-order valence-corrected chi connectivity index (χ3v) is 2.97. The van der Waals surface area contributed by atoms with Crippen LogP contribution < -0.4 is 11.1 Å². The molecule has 15 heavy (non-hydrogen) atoms. The van der Waals surface area contributed by atoms with Gasteiger partial charge in [0, 0.05) is 18.5 Å². The minimum atomic E-state index is 0.105. The van der Waals surface area contributed by atoms with Crippen LogP contribution >= 0.6 is 23.2 Å². The zero-order valence-corrected chi connectivity index (χ0v) is 9.59. The summed E-state index contributed by atoms with van der Waals surface area (Å²) in [6, 6.07) is 1.83. The quantitative estimate of drug-likeness (QED) is 0.578. The summed E-state index contributed by atoms with van der Waals surface area (Å²) in [5, 5.41) is 3.82. The first kappa shape index (κ1) is 11.1. The van der Waals surface area contributed by atoms with E-state index in [-0.39, 0.29) is 17.2 Å².